The van der Waals surface area contributed by atoms with Gasteiger partial charge in [0.2, 0.25) is 0 Å². The Bertz CT molecular complexity index is 413. The lowest BCUT2D eigenvalue weighted by molar-refractivity contribution is 0.0896. The van der Waals surface area contributed by atoms with Crippen LogP contribution in [0.15, 0.2) is 18.5 Å². The van der Waals surface area contributed by atoms with Crippen molar-refractivity contribution in [1.82, 2.24) is 10.3 Å². The van der Waals surface area contributed by atoms with Gasteiger partial charge < -0.3 is 16.2 Å². The number of rotatable bonds is 4. The maximum Gasteiger partial charge on any atom is 0.255 e. The molecule has 0 bridgehead atoms. The molecule has 0 fully saturated rings. The highest BCUT2D eigenvalue weighted by molar-refractivity contribution is 5.96. The van der Waals surface area contributed by atoms with E-state index in [0.29, 0.717) is 13.0 Å². The summed E-state index contributed by atoms with van der Waals surface area (Å²) in [5.41, 5.74) is 5.71. The third-order valence-corrected chi connectivity index (χ3v) is 2.85. The fourth-order valence-corrected chi connectivity index (χ4v) is 1.70. The molecule has 1 heterocycles. The molecule has 0 radical (unpaired) electrons. The highest BCUT2D eigenvalue weighted by Gasteiger charge is 2.26. The highest BCUT2D eigenvalue weighted by Crippen LogP contribution is 2.22. The minimum atomic E-state index is -0.303. The van der Waals surface area contributed by atoms with Gasteiger partial charge in [-0.3, -0.25) is 9.78 Å². The second-order valence-corrected chi connectivity index (χ2v) is 5.36. The summed E-state index contributed by atoms with van der Waals surface area (Å²) < 4.78 is 0. The van der Waals surface area contributed by atoms with Gasteiger partial charge in [0.1, 0.15) is 5.75 Å². The molecular formula is C13H21N3O2. The van der Waals surface area contributed by atoms with E-state index in [1.807, 2.05) is 20.8 Å². The number of carbonyl (C=O) groups is 1. The molecule has 5 nitrogen and oxygen atoms in total. The Kier molecular flexibility index (Phi) is 4.67. The number of aromatic nitrogens is 1. The zero-order valence-corrected chi connectivity index (χ0v) is 11.1. The monoisotopic (exact) mass is 251 g/mol. The quantitative estimate of drug-likeness (QED) is 0.752. The molecule has 1 amide bonds. The van der Waals surface area contributed by atoms with Gasteiger partial charge in [0.05, 0.1) is 11.8 Å². The Morgan fingerprint density at radius 2 is 2.22 bits per heavy atom. The van der Waals surface area contributed by atoms with E-state index in [4.69, 9.17) is 5.73 Å². The predicted octanol–water partition coefficient (Wildman–Crippen LogP) is 1.28. The maximum atomic E-state index is 12.1. The molecule has 1 aromatic rings. The van der Waals surface area contributed by atoms with Gasteiger partial charge in [0.25, 0.3) is 5.91 Å². The van der Waals surface area contributed by atoms with Crippen LogP contribution in [0.5, 0.6) is 5.75 Å². The van der Waals surface area contributed by atoms with Crippen LogP contribution in [0.3, 0.4) is 0 Å². The number of nitrogens with zero attached hydrogens (tertiary/aromatic N) is 1. The van der Waals surface area contributed by atoms with E-state index in [9.17, 15) is 9.90 Å². The number of aromatic hydroxyl groups is 1. The first-order valence-corrected chi connectivity index (χ1v) is 6.00. The molecule has 0 spiro atoms. The summed E-state index contributed by atoms with van der Waals surface area (Å²) in [5.74, 6) is -0.418. The van der Waals surface area contributed by atoms with Crippen LogP contribution in [0.2, 0.25) is 0 Å². The molecule has 0 aliphatic heterocycles. The van der Waals surface area contributed by atoms with Crippen molar-refractivity contribution >= 4 is 5.91 Å². The molecule has 1 aromatic heterocycles. The minimum absolute atomic E-state index is 0.0393. The lowest BCUT2D eigenvalue weighted by atomic mass is 9.84. The first-order chi connectivity index (χ1) is 8.36. The SMILES string of the molecule is CC(C)(C)C(CCN)NC(=O)c1ccncc1O. The van der Waals surface area contributed by atoms with E-state index < -0.39 is 0 Å². The molecule has 5 heteroatoms. The third kappa shape index (κ3) is 3.70. The standard InChI is InChI=1S/C13H21N3O2/c1-13(2,3)11(4-6-14)16-12(18)9-5-7-15-8-10(9)17/h5,7-8,11,17H,4,6,14H2,1-3H3,(H,16,18). The summed E-state index contributed by atoms with van der Waals surface area (Å²) in [6.45, 7) is 6.63. The van der Waals surface area contributed by atoms with Crippen molar-refractivity contribution in [3.05, 3.63) is 24.0 Å². The van der Waals surface area contributed by atoms with Crippen molar-refractivity contribution < 1.29 is 9.90 Å². The molecule has 0 aliphatic rings. The molecule has 4 N–H and O–H groups in total. The molecule has 1 unspecified atom stereocenters. The second kappa shape index (κ2) is 5.82. The van der Waals surface area contributed by atoms with Gasteiger partial charge in [-0.05, 0) is 24.4 Å². The second-order valence-electron chi connectivity index (χ2n) is 5.36. The molecule has 18 heavy (non-hydrogen) atoms. The van der Waals surface area contributed by atoms with Crippen LogP contribution in [-0.4, -0.2) is 28.6 Å². The summed E-state index contributed by atoms with van der Waals surface area (Å²) in [6.07, 6.45) is 3.43. The van der Waals surface area contributed by atoms with Gasteiger partial charge in [-0.25, -0.2) is 0 Å². The molecule has 100 valence electrons. The molecule has 1 atom stereocenters. The maximum absolute atomic E-state index is 12.1. The first-order valence-electron chi connectivity index (χ1n) is 6.00. The normalized spacial score (nSPS) is 13.1. The summed E-state index contributed by atoms with van der Waals surface area (Å²) in [7, 11) is 0. The van der Waals surface area contributed by atoms with E-state index in [1.54, 1.807) is 0 Å². The average molecular weight is 251 g/mol. The van der Waals surface area contributed by atoms with Gasteiger partial charge in [-0.2, -0.15) is 0 Å². The smallest absolute Gasteiger partial charge is 0.255 e. The fourth-order valence-electron chi connectivity index (χ4n) is 1.70. The Hall–Kier alpha value is -1.62. The summed E-state index contributed by atoms with van der Waals surface area (Å²) in [5, 5.41) is 12.5. The number of pyridine rings is 1. The van der Waals surface area contributed by atoms with Crippen molar-refractivity contribution in [3.63, 3.8) is 0 Å². The molecule has 0 saturated carbocycles. The molecule has 0 aromatic carbocycles. The van der Waals surface area contributed by atoms with Crippen LogP contribution >= 0.6 is 0 Å². The Labute approximate surface area is 107 Å². The third-order valence-electron chi connectivity index (χ3n) is 2.85. The lowest BCUT2D eigenvalue weighted by Gasteiger charge is -2.31. The van der Waals surface area contributed by atoms with Crippen molar-refractivity contribution in [2.24, 2.45) is 11.1 Å². The number of nitrogens with one attached hydrogen (secondary N) is 1. The van der Waals surface area contributed by atoms with Crippen LogP contribution in [0.4, 0.5) is 0 Å². The van der Waals surface area contributed by atoms with E-state index in [0.717, 1.165) is 0 Å². The predicted molar refractivity (Wildman–Crippen MR) is 70.3 cm³/mol. The zero-order valence-electron chi connectivity index (χ0n) is 11.1. The molecule has 0 saturated heterocycles. The van der Waals surface area contributed by atoms with Crippen LogP contribution in [-0.2, 0) is 0 Å². The summed E-state index contributed by atoms with van der Waals surface area (Å²) in [4.78, 5) is 15.8. The van der Waals surface area contributed by atoms with Crippen LogP contribution < -0.4 is 11.1 Å². The number of carbonyl (C=O) groups excluding carboxylic acids is 1. The average Bonchev–Trinajstić information content (AvgIpc) is 2.27. The van der Waals surface area contributed by atoms with Gasteiger partial charge in [0, 0.05) is 12.2 Å². The van der Waals surface area contributed by atoms with Crippen molar-refractivity contribution in [2.75, 3.05) is 6.54 Å². The van der Waals surface area contributed by atoms with Gasteiger partial charge in [-0.15, -0.1) is 0 Å². The molecule has 1 rings (SSSR count). The summed E-state index contributed by atoms with van der Waals surface area (Å²) >= 11 is 0. The zero-order chi connectivity index (χ0) is 13.8. The highest BCUT2D eigenvalue weighted by atomic mass is 16.3. The van der Waals surface area contributed by atoms with E-state index in [-0.39, 0.29) is 28.7 Å². The largest absolute Gasteiger partial charge is 0.505 e. The number of hydrogen-bond donors (Lipinski definition) is 3. The van der Waals surface area contributed by atoms with Gasteiger partial charge >= 0.3 is 0 Å². The lowest BCUT2D eigenvalue weighted by Crippen LogP contribution is -2.44. The number of nitrogens with two attached hydrogens (primary N) is 1. The van der Waals surface area contributed by atoms with Gasteiger partial charge in [-0.1, -0.05) is 20.8 Å². The molecular weight excluding hydrogens is 230 g/mol. The van der Waals surface area contributed by atoms with E-state index in [1.165, 1.54) is 18.5 Å². The Morgan fingerprint density at radius 3 is 2.72 bits per heavy atom. The van der Waals surface area contributed by atoms with E-state index >= 15 is 0 Å². The van der Waals surface area contributed by atoms with Crippen LogP contribution in [0.25, 0.3) is 0 Å². The van der Waals surface area contributed by atoms with Crippen LogP contribution in [0.1, 0.15) is 37.6 Å². The number of hydrogen-bond acceptors (Lipinski definition) is 4. The van der Waals surface area contributed by atoms with Crippen molar-refractivity contribution in [2.45, 2.75) is 33.2 Å². The molecule has 0 aliphatic carbocycles. The fraction of sp³-hybridized carbons (Fsp3) is 0.538. The Morgan fingerprint density at radius 1 is 1.56 bits per heavy atom. The topological polar surface area (TPSA) is 88.2 Å². The van der Waals surface area contributed by atoms with E-state index in [2.05, 4.69) is 10.3 Å². The first kappa shape index (κ1) is 14.4. The van der Waals surface area contributed by atoms with Crippen molar-refractivity contribution in [3.8, 4) is 5.75 Å². The number of amides is 1. The summed E-state index contributed by atoms with van der Waals surface area (Å²) in [6, 6.07) is 1.45. The van der Waals surface area contributed by atoms with Crippen molar-refractivity contribution in [1.29, 1.82) is 0 Å². The van der Waals surface area contributed by atoms with Crippen LogP contribution in [0, 0.1) is 5.41 Å². The minimum Gasteiger partial charge on any atom is -0.505 e. The Balaban J connectivity index is 2.82. The van der Waals surface area contributed by atoms with Gasteiger partial charge in [0.15, 0.2) is 0 Å².